The Kier molecular flexibility index (Phi) is 3.54. The van der Waals surface area contributed by atoms with Crippen molar-refractivity contribution in [3.05, 3.63) is 47.6 Å². The molecule has 0 aliphatic heterocycles. The van der Waals surface area contributed by atoms with Crippen LogP contribution in [0.15, 0.2) is 34.9 Å². The lowest BCUT2D eigenvalue weighted by molar-refractivity contribution is 0.329. The van der Waals surface area contributed by atoms with Crippen LogP contribution >= 0.6 is 0 Å². The van der Waals surface area contributed by atoms with E-state index in [2.05, 4.69) is 34.5 Å². The second kappa shape index (κ2) is 5.10. The fourth-order valence-corrected chi connectivity index (χ4v) is 2.01. The Morgan fingerprint density at radius 2 is 1.94 bits per heavy atom. The fraction of sp³-hybridized carbons (Fsp3) is 0.385. The number of hydrogen-bond donors (Lipinski definition) is 1. The fourth-order valence-electron chi connectivity index (χ4n) is 2.01. The third-order valence-electron chi connectivity index (χ3n) is 2.90. The zero-order valence-electron chi connectivity index (χ0n) is 10.3. The monoisotopic (exact) mass is 231 g/mol. The Morgan fingerprint density at radius 3 is 2.47 bits per heavy atom. The lowest BCUT2D eigenvalue weighted by Gasteiger charge is -2.21. The summed E-state index contributed by atoms with van der Waals surface area (Å²) in [6, 6.07) is 10.5. The van der Waals surface area contributed by atoms with Crippen molar-refractivity contribution in [3.63, 3.8) is 0 Å². The van der Waals surface area contributed by atoms with Gasteiger partial charge in [0.1, 0.15) is 0 Å². The van der Waals surface area contributed by atoms with Crippen LogP contribution in [0.3, 0.4) is 0 Å². The molecule has 0 aliphatic rings. The average Bonchev–Trinajstić information content (AvgIpc) is 2.78. The van der Waals surface area contributed by atoms with Crippen LogP contribution in [0.1, 0.15) is 36.2 Å². The zero-order chi connectivity index (χ0) is 12.3. The van der Waals surface area contributed by atoms with Gasteiger partial charge in [-0.25, -0.2) is 0 Å². The van der Waals surface area contributed by atoms with E-state index in [4.69, 9.17) is 4.52 Å². The Bertz CT molecular complexity index is 467. The molecule has 2 aromatic rings. The summed E-state index contributed by atoms with van der Waals surface area (Å²) < 4.78 is 5.23. The van der Waals surface area contributed by atoms with Crippen molar-refractivity contribution in [3.8, 4) is 0 Å². The number of likely N-dealkylation sites (N-methyl/N-ethyl adjacent to an activating group) is 1. The van der Waals surface area contributed by atoms with E-state index >= 15 is 0 Å². The summed E-state index contributed by atoms with van der Waals surface area (Å²) >= 11 is 0. The molecule has 0 saturated carbocycles. The van der Waals surface area contributed by atoms with Gasteiger partial charge in [-0.2, -0.15) is 4.98 Å². The van der Waals surface area contributed by atoms with Crippen LogP contribution in [0.25, 0.3) is 0 Å². The lowest BCUT2D eigenvalue weighted by atomic mass is 9.94. The Hall–Kier alpha value is -1.68. The van der Waals surface area contributed by atoms with Crippen molar-refractivity contribution < 1.29 is 4.52 Å². The highest BCUT2D eigenvalue weighted by atomic mass is 16.5. The number of aromatic nitrogens is 2. The van der Waals surface area contributed by atoms with Gasteiger partial charge in [0.15, 0.2) is 5.82 Å². The predicted molar refractivity (Wildman–Crippen MR) is 65.7 cm³/mol. The number of benzene rings is 1. The summed E-state index contributed by atoms with van der Waals surface area (Å²) in [7, 11) is 1.94. The van der Waals surface area contributed by atoms with Gasteiger partial charge in [-0.3, -0.25) is 0 Å². The third kappa shape index (κ3) is 2.53. The minimum Gasteiger partial charge on any atom is -0.339 e. The van der Waals surface area contributed by atoms with Gasteiger partial charge >= 0.3 is 0 Å². The third-order valence-corrected chi connectivity index (χ3v) is 2.90. The smallest absolute Gasteiger partial charge is 0.231 e. The van der Waals surface area contributed by atoms with Crippen LogP contribution in [0.5, 0.6) is 0 Å². The van der Waals surface area contributed by atoms with Gasteiger partial charge in [0.25, 0.3) is 0 Å². The number of aryl methyl sites for hydroxylation is 1. The minimum atomic E-state index is 0.142. The van der Waals surface area contributed by atoms with Gasteiger partial charge in [-0.1, -0.05) is 42.4 Å². The van der Waals surface area contributed by atoms with Gasteiger partial charge in [0.05, 0.1) is 5.92 Å². The van der Waals surface area contributed by atoms with Crippen molar-refractivity contribution in [2.24, 2.45) is 0 Å². The molecule has 0 aliphatic carbocycles. The molecule has 4 heteroatoms. The first-order valence-electron chi connectivity index (χ1n) is 5.74. The molecule has 90 valence electrons. The van der Waals surface area contributed by atoms with Crippen LogP contribution in [-0.4, -0.2) is 17.2 Å². The topological polar surface area (TPSA) is 51.0 Å². The van der Waals surface area contributed by atoms with Crippen molar-refractivity contribution >= 4 is 0 Å². The summed E-state index contributed by atoms with van der Waals surface area (Å²) in [5.74, 6) is 1.49. The summed E-state index contributed by atoms with van der Waals surface area (Å²) in [5, 5.41) is 7.13. The number of nitrogens with one attached hydrogen (secondary N) is 1. The minimum absolute atomic E-state index is 0.142. The van der Waals surface area contributed by atoms with E-state index in [0.717, 1.165) is 0 Å². The Balaban J connectivity index is 2.25. The van der Waals surface area contributed by atoms with Gasteiger partial charge in [-0.15, -0.1) is 0 Å². The van der Waals surface area contributed by atoms with Gasteiger partial charge in [0.2, 0.25) is 5.89 Å². The molecule has 0 spiro atoms. The van der Waals surface area contributed by atoms with E-state index in [1.165, 1.54) is 5.56 Å². The quantitative estimate of drug-likeness (QED) is 0.878. The SMILES string of the molecule is CNC(c1ccccc1)C(C)c1nc(C)no1. The summed E-state index contributed by atoms with van der Waals surface area (Å²) in [4.78, 5) is 4.29. The second-order valence-corrected chi connectivity index (χ2v) is 4.15. The summed E-state index contributed by atoms with van der Waals surface area (Å²) in [6.45, 7) is 3.91. The molecule has 17 heavy (non-hydrogen) atoms. The van der Waals surface area contributed by atoms with E-state index in [1.807, 2.05) is 32.2 Å². The largest absolute Gasteiger partial charge is 0.339 e. The van der Waals surface area contributed by atoms with E-state index in [1.54, 1.807) is 0 Å². The van der Waals surface area contributed by atoms with Crippen molar-refractivity contribution in [1.29, 1.82) is 0 Å². The molecule has 1 heterocycles. The van der Waals surface area contributed by atoms with Crippen molar-refractivity contribution in [2.45, 2.75) is 25.8 Å². The molecule has 1 aromatic carbocycles. The van der Waals surface area contributed by atoms with Gasteiger partial charge < -0.3 is 9.84 Å². The molecule has 0 fully saturated rings. The second-order valence-electron chi connectivity index (χ2n) is 4.15. The van der Waals surface area contributed by atoms with Crippen LogP contribution in [-0.2, 0) is 0 Å². The molecule has 0 bridgehead atoms. The molecule has 0 saturated heterocycles. The molecular weight excluding hydrogens is 214 g/mol. The number of nitrogens with zero attached hydrogens (tertiary/aromatic N) is 2. The van der Waals surface area contributed by atoms with Crippen LogP contribution in [0.4, 0.5) is 0 Å². The van der Waals surface area contributed by atoms with E-state index in [0.29, 0.717) is 11.7 Å². The first-order valence-corrected chi connectivity index (χ1v) is 5.74. The maximum atomic E-state index is 5.23. The highest BCUT2D eigenvalue weighted by molar-refractivity contribution is 5.21. The van der Waals surface area contributed by atoms with Crippen LogP contribution < -0.4 is 5.32 Å². The standard InChI is InChI=1S/C13H17N3O/c1-9(13-15-10(2)16-17-13)12(14-3)11-7-5-4-6-8-11/h4-9,12,14H,1-3H3. The highest BCUT2D eigenvalue weighted by Gasteiger charge is 2.23. The Morgan fingerprint density at radius 1 is 1.24 bits per heavy atom. The highest BCUT2D eigenvalue weighted by Crippen LogP contribution is 2.28. The number of rotatable bonds is 4. The van der Waals surface area contributed by atoms with Crippen LogP contribution in [0, 0.1) is 6.92 Å². The van der Waals surface area contributed by atoms with Crippen LogP contribution in [0.2, 0.25) is 0 Å². The van der Waals surface area contributed by atoms with Crippen molar-refractivity contribution in [2.75, 3.05) is 7.05 Å². The molecule has 0 radical (unpaired) electrons. The molecule has 1 aromatic heterocycles. The lowest BCUT2D eigenvalue weighted by Crippen LogP contribution is -2.22. The zero-order valence-corrected chi connectivity index (χ0v) is 10.3. The van der Waals surface area contributed by atoms with E-state index < -0.39 is 0 Å². The molecule has 0 amide bonds. The molecule has 2 unspecified atom stereocenters. The first kappa shape index (κ1) is 11.8. The summed E-state index contributed by atoms with van der Waals surface area (Å²) in [6.07, 6.45) is 0. The molecule has 4 nitrogen and oxygen atoms in total. The van der Waals surface area contributed by atoms with E-state index in [9.17, 15) is 0 Å². The average molecular weight is 231 g/mol. The molecule has 2 atom stereocenters. The first-order chi connectivity index (χ1) is 8.22. The van der Waals surface area contributed by atoms with Crippen molar-refractivity contribution in [1.82, 2.24) is 15.5 Å². The maximum absolute atomic E-state index is 5.23. The molecular formula is C13H17N3O. The molecule has 1 N–H and O–H groups in total. The number of hydrogen-bond acceptors (Lipinski definition) is 4. The Labute approximate surface area is 101 Å². The predicted octanol–water partition coefficient (Wildman–Crippen LogP) is 2.44. The van der Waals surface area contributed by atoms with Gasteiger partial charge in [0, 0.05) is 6.04 Å². The van der Waals surface area contributed by atoms with Gasteiger partial charge in [-0.05, 0) is 19.5 Å². The maximum Gasteiger partial charge on any atom is 0.231 e. The van der Waals surface area contributed by atoms with E-state index in [-0.39, 0.29) is 12.0 Å². The normalized spacial score (nSPS) is 14.5. The summed E-state index contributed by atoms with van der Waals surface area (Å²) in [5.41, 5.74) is 1.22. The molecule has 2 rings (SSSR count).